The third kappa shape index (κ3) is 4.19. The molecule has 0 saturated carbocycles. The van der Waals surface area contributed by atoms with E-state index in [4.69, 9.17) is 11.5 Å². The number of nitrogens with one attached hydrogen (secondary N) is 1. The molecule has 0 aromatic heterocycles. The van der Waals surface area contributed by atoms with Crippen molar-refractivity contribution in [3.05, 3.63) is 23.8 Å². The Hall–Kier alpha value is -1.64. The van der Waals surface area contributed by atoms with Gasteiger partial charge in [-0.15, -0.1) is 0 Å². The Bertz CT molecular complexity index is 569. The largest absolute Gasteiger partial charge is 0.398 e. The quantitative estimate of drug-likeness (QED) is 0.592. The van der Waals surface area contributed by atoms with E-state index >= 15 is 0 Å². The van der Waals surface area contributed by atoms with Crippen LogP contribution < -0.4 is 16.2 Å². The lowest BCUT2D eigenvalue weighted by Crippen LogP contribution is -2.31. The van der Waals surface area contributed by atoms with Gasteiger partial charge in [0, 0.05) is 18.7 Å². The molecule has 1 aromatic carbocycles. The van der Waals surface area contributed by atoms with Gasteiger partial charge in [0.2, 0.25) is 15.9 Å². The van der Waals surface area contributed by atoms with Gasteiger partial charge < -0.3 is 16.4 Å². The molecule has 0 aliphatic rings. The first-order chi connectivity index (χ1) is 8.74. The number of anilines is 1. The Kier molecular flexibility index (Phi) is 4.87. The topological polar surface area (TPSA) is 119 Å². The van der Waals surface area contributed by atoms with Gasteiger partial charge in [0.25, 0.3) is 0 Å². The number of nitrogen functional groups attached to an aromatic ring is 1. The molecule has 1 aromatic rings. The SMILES string of the molecule is CN(C)CCNS(=O)(=O)c1ccc(C(N)=O)cc1N. The highest BCUT2D eigenvalue weighted by Crippen LogP contribution is 2.19. The van der Waals surface area contributed by atoms with Crippen LogP contribution >= 0.6 is 0 Å². The second-order valence-corrected chi connectivity index (χ2v) is 6.05. The van der Waals surface area contributed by atoms with Crippen molar-refractivity contribution in [1.82, 2.24) is 9.62 Å². The highest BCUT2D eigenvalue weighted by Gasteiger charge is 2.17. The molecule has 0 radical (unpaired) electrons. The van der Waals surface area contributed by atoms with E-state index in [2.05, 4.69) is 4.72 Å². The lowest BCUT2D eigenvalue weighted by Gasteiger charge is -2.12. The first kappa shape index (κ1) is 15.4. The van der Waals surface area contributed by atoms with Gasteiger partial charge in [0.05, 0.1) is 5.69 Å². The van der Waals surface area contributed by atoms with Crippen LogP contribution in [0.3, 0.4) is 0 Å². The number of hydrogen-bond donors (Lipinski definition) is 3. The monoisotopic (exact) mass is 286 g/mol. The van der Waals surface area contributed by atoms with Gasteiger partial charge in [0.15, 0.2) is 0 Å². The average molecular weight is 286 g/mol. The van der Waals surface area contributed by atoms with Crippen molar-refractivity contribution in [2.75, 3.05) is 32.9 Å². The van der Waals surface area contributed by atoms with Crippen LogP contribution in [0, 0.1) is 0 Å². The van der Waals surface area contributed by atoms with Gasteiger partial charge >= 0.3 is 0 Å². The molecular formula is C11H18N4O3S. The number of nitrogens with zero attached hydrogens (tertiary/aromatic N) is 1. The third-order valence-electron chi connectivity index (χ3n) is 2.43. The Morgan fingerprint density at radius 1 is 1.37 bits per heavy atom. The van der Waals surface area contributed by atoms with Crippen molar-refractivity contribution in [3.63, 3.8) is 0 Å². The highest BCUT2D eigenvalue weighted by molar-refractivity contribution is 7.89. The summed E-state index contributed by atoms with van der Waals surface area (Å²) in [5, 5.41) is 0. The zero-order chi connectivity index (χ0) is 14.6. The molecule has 0 aliphatic carbocycles. The molecule has 0 spiro atoms. The second-order valence-electron chi connectivity index (χ2n) is 4.32. The van der Waals surface area contributed by atoms with E-state index in [9.17, 15) is 13.2 Å². The van der Waals surface area contributed by atoms with Crippen LogP contribution in [-0.4, -0.2) is 46.4 Å². The van der Waals surface area contributed by atoms with E-state index in [-0.39, 0.29) is 22.7 Å². The van der Waals surface area contributed by atoms with Crippen LogP contribution in [0.2, 0.25) is 0 Å². The predicted octanol–water partition coefficient (Wildman–Crippen LogP) is -0.792. The first-order valence-corrected chi connectivity index (χ1v) is 7.06. The number of benzene rings is 1. The van der Waals surface area contributed by atoms with Crippen LogP contribution in [0.4, 0.5) is 5.69 Å². The highest BCUT2D eigenvalue weighted by atomic mass is 32.2. The van der Waals surface area contributed by atoms with E-state index in [0.717, 1.165) is 0 Å². The van der Waals surface area contributed by atoms with Gasteiger partial charge in [0.1, 0.15) is 4.90 Å². The Morgan fingerprint density at radius 3 is 2.47 bits per heavy atom. The van der Waals surface area contributed by atoms with E-state index in [1.54, 1.807) is 0 Å². The van der Waals surface area contributed by atoms with Crippen LogP contribution in [0.25, 0.3) is 0 Å². The fourth-order valence-electron chi connectivity index (χ4n) is 1.43. The molecule has 1 rings (SSSR count). The molecular weight excluding hydrogens is 268 g/mol. The lowest BCUT2D eigenvalue weighted by molar-refractivity contribution is 0.1000. The van der Waals surface area contributed by atoms with Crippen molar-refractivity contribution in [3.8, 4) is 0 Å². The van der Waals surface area contributed by atoms with Gasteiger partial charge in [-0.2, -0.15) is 0 Å². The van der Waals surface area contributed by atoms with Crippen molar-refractivity contribution in [2.24, 2.45) is 5.73 Å². The molecule has 0 fully saturated rings. The zero-order valence-electron chi connectivity index (χ0n) is 10.9. The number of hydrogen-bond acceptors (Lipinski definition) is 5. The molecule has 8 heteroatoms. The van der Waals surface area contributed by atoms with Gasteiger partial charge in [-0.3, -0.25) is 4.79 Å². The number of rotatable bonds is 6. The molecule has 19 heavy (non-hydrogen) atoms. The molecule has 0 aliphatic heterocycles. The molecule has 0 atom stereocenters. The Balaban J connectivity index is 2.93. The average Bonchev–Trinajstić information content (AvgIpc) is 2.27. The van der Waals surface area contributed by atoms with Crippen LogP contribution in [0.15, 0.2) is 23.1 Å². The molecule has 106 valence electrons. The number of nitrogens with two attached hydrogens (primary N) is 2. The first-order valence-electron chi connectivity index (χ1n) is 5.58. The van der Waals surface area contributed by atoms with Crippen molar-refractivity contribution >= 4 is 21.6 Å². The zero-order valence-corrected chi connectivity index (χ0v) is 11.7. The molecule has 5 N–H and O–H groups in total. The van der Waals surface area contributed by atoms with Gasteiger partial charge in [-0.25, -0.2) is 13.1 Å². The molecule has 0 bridgehead atoms. The lowest BCUT2D eigenvalue weighted by atomic mass is 10.2. The Morgan fingerprint density at radius 2 is 2.00 bits per heavy atom. The second kappa shape index (κ2) is 6.00. The minimum atomic E-state index is -3.68. The van der Waals surface area contributed by atoms with Gasteiger partial charge in [-0.05, 0) is 32.3 Å². The maximum atomic E-state index is 12.0. The van der Waals surface area contributed by atoms with E-state index in [1.165, 1.54) is 18.2 Å². The summed E-state index contributed by atoms with van der Waals surface area (Å²) in [5.41, 5.74) is 10.9. The smallest absolute Gasteiger partial charge is 0.248 e. The van der Waals surface area contributed by atoms with Crippen molar-refractivity contribution in [2.45, 2.75) is 4.90 Å². The van der Waals surface area contributed by atoms with E-state index in [0.29, 0.717) is 6.54 Å². The summed E-state index contributed by atoms with van der Waals surface area (Å²) in [7, 11) is -0.00764. The van der Waals surface area contributed by atoms with Crippen LogP contribution in [0.1, 0.15) is 10.4 Å². The standard InChI is InChI=1S/C11H18N4O3S/c1-15(2)6-5-14-19(17,18)10-4-3-8(11(13)16)7-9(10)12/h3-4,7,14H,5-6,12H2,1-2H3,(H2,13,16). The third-order valence-corrected chi connectivity index (χ3v) is 3.97. The summed E-state index contributed by atoms with van der Waals surface area (Å²) in [5.74, 6) is -0.656. The fourth-order valence-corrected chi connectivity index (χ4v) is 2.56. The number of carbonyl (C=O) groups is 1. The molecule has 7 nitrogen and oxygen atoms in total. The summed E-state index contributed by atoms with van der Waals surface area (Å²) in [4.78, 5) is 12.7. The summed E-state index contributed by atoms with van der Waals surface area (Å²) < 4.78 is 26.4. The summed E-state index contributed by atoms with van der Waals surface area (Å²) in [6.45, 7) is 0.838. The van der Waals surface area contributed by atoms with Gasteiger partial charge in [-0.1, -0.05) is 0 Å². The summed E-state index contributed by atoms with van der Waals surface area (Å²) >= 11 is 0. The number of likely N-dealkylation sites (N-methyl/N-ethyl adjacent to an activating group) is 1. The number of primary amides is 1. The Labute approximate surface area is 112 Å². The maximum Gasteiger partial charge on any atom is 0.248 e. The van der Waals surface area contributed by atoms with Crippen LogP contribution in [-0.2, 0) is 10.0 Å². The summed E-state index contributed by atoms with van der Waals surface area (Å²) in [6, 6.07) is 3.86. The molecule has 0 saturated heterocycles. The normalized spacial score (nSPS) is 11.7. The summed E-state index contributed by atoms with van der Waals surface area (Å²) in [6.07, 6.45) is 0. The number of sulfonamides is 1. The fraction of sp³-hybridized carbons (Fsp3) is 0.364. The molecule has 1 amide bonds. The maximum absolute atomic E-state index is 12.0. The number of carbonyl (C=O) groups excluding carboxylic acids is 1. The molecule has 0 heterocycles. The van der Waals surface area contributed by atoms with Crippen molar-refractivity contribution < 1.29 is 13.2 Å². The van der Waals surface area contributed by atoms with E-state index < -0.39 is 15.9 Å². The molecule has 0 unspecified atom stereocenters. The predicted molar refractivity (Wildman–Crippen MR) is 73.1 cm³/mol. The number of amides is 1. The van der Waals surface area contributed by atoms with Crippen LogP contribution in [0.5, 0.6) is 0 Å². The van der Waals surface area contributed by atoms with E-state index in [1.807, 2.05) is 19.0 Å². The minimum Gasteiger partial charge on any atom is -0.398 e. The minimum absolute atomic E-state index is 0.00588. The van der Waals surface area contributed by atoms with Crippen molar-refractivity contribution in [1.29, 1.82) is 0 Å².